The molecule has 3 aromatic rings. The molecule has 0 spiro atoms. The number of aryl methyl sites for hydroxylation is 1. The number of amides is 2. The fourth-order valence-corrected chi connectivity index (χ4v) is 5.16. The molecule has 1 atom stereocenters. The number of ether oxygens (including phenoxy) is 1. The average molecular weight is 524 g/mol. The number of rotatable bonds is 12. The molecular weight excluding hydrogens is 490 g/mol. The van der Waals surface area contributed by atoms with Gasteiger partial charge < -0.3 is 24.9 Å². The number of nitrogens with one attached hydrogen (secondary N) is 2. The van der Waals surface area contributed by atoms with Crippen LogP contribution in [0.3, 0.4) is 0 Å². The standard InChI is InChI=1S/C28H34ClN5O3/c1-4-33-17-18-10-8-12-20(24(18)28(33)36)27(35)31-21(13-7-6-11-19(30)16-29)26-32-25-22(34(26)5-2)14-9-15-23(25)37-3/h8-10,12,14-15,21,30H,4-7,11,13,16-17H2,1-3H3,(H,31,35)/t21-/m0/s1. The summed E-state index contributed by atoms with van der Waals surface area (Å²) in [5.74, 6) is 1.26. The summed E-state index contributed by atoms with van der Waals surface area (Å²) < 4.78 is 7.65. The molecular formula is C28H34ClN5O3. The van der Waals surface area contributed by atoms with Gasteiger partial charge in [-0.15, -0.1) is 11.6 Å². The second-order valence-electron chi connectivity index (χ2n) is 9.21. The van der Waals surface area contributed by atoms with Crippen molar-refractivity contribution >= 4 is 40.2 Å². The average Bonchev–Trinajstić information content (AvgIpc) is 3.46. The van der Waals surface area contributed by atoms with E-state index in [0.717, 1.165) is 35.3 Å². The van der Waals surface area contributed by atoms with E-state index in [1.165, 1.54) is 0 Å². The van der Waals surface area contributed by atoms with Crippen molar-refractivity contribution in [3.63, 3.8) is 0 Å². The second kappa shape index (κ2) is 11.8. The Hall–Kier alpha value is -3.39. The van der Waals surface area contributed by atoms with Gasteiger partial charge in [-0.25, -0.2) is 4.98 Å². The zero-order chi connectivity index (χ0) is 26.5. The van der Waals surface area contributed by atoms with E-state index in [0.29, 0.717) is 55.1 Å². The molecule has 2 N–H and O–H groups in total. The molecule has 0 radical (unpaired) electrons. The first-order chi connectivity index (χ1) is 17.9. The Kier molecular flexibility index (Phi) is 8.48. The fourth-order valence-electron chi connectivity index (χ4n) is 5.02. The number of carbonyl (C=O) groups excluding carboxylic acids is 2. The van der Waals surface area contributed by atoms with Gasteiger partial charge in [-0.3, -0.25) is 9.59 Å². The predicted octanol–water partition coefficient (Wildman–Crippen LogP) is 5.33. The number of unbranched alkanes of at least 4 members (excludes halogenated alkanes) is 1. The minimum Gasteiger partial charge on any atom is -0.494 e. The Balaban J connectivity index is 1.68. The molecule has 0 fully saturated rings. The molecule has 1 aromatic heterocycles. The summed E-state index contributed by atoms with van der Waals surface area (Å²) in [4.78, 5) is 33.3. The highest BCUT2D eigenvalue weighted by Crippen LogP contribution is 2.31. The van der Waals surface area contributed by atoms with Crippen LogP contribution < -0.4 is 10.1 Å². The molecule has 2 amide bonds. The molecule has 0 saturated heterocycles. The van der Waals surface area contributed by atoms with Crippen LogP contribution in [0.1, 0.15) is 77.7 Å². The summed E-state index contributed by atoms with van der Waals surface area (Å²) in [6.07, 6.45) is 2.83. The molecule has 1 aliphatic heterocycles. The number of fused-ring (bicyclic) bond motifs is 2. The summed E-state index contributed by atoms with van der Waals surface area (Å²) in [5.41, 5.74) is 3.95. The number of para-hydroxylation sites is 1. The number of benzene rings is 2. The number of nitrogens with zero attached hydrogens (tertiary/aromatic N) is 3. The zero-order valence-corrected chi connectivity index (χ0v) is 22.4. The Labute approximate surface area is 222 Å². The van der Waals surface area contributed by atoms with Gasteiger partial charge in [-0.05, 0) is 56.9 Å². The highest BCUT2D eigenvalue weighted by molar-refractivity contribution is 6.28. The second-order valence-corrected chi connectivity index (χ2v) is 9.48. The van der Waals surface area contributed by atoms with Gasteiger partial charge in [0.2, 0.25) is 0 Å². The number of halogens is 1. The molecule has 9 heteroatoms. The Morgan fingerprint density at radius 1 is 1.19 bits per heavy atom. The van der Waals surface area contributed by atoms with Gasteiger partial charge in [0, 0.05) is 25.3 Å². The van der Waals surface area contributed by atoms with Crippen molar-refractivity contribution < 1.29 is 14.3 Å². The summed E-state index contributed by atoms with van der Waals surface area (Å²) in [5, 5.41) is 11.0. The lowest BCUT2D eigenvalue weighted by Crippen LogP contribution is -2.32. The van der Waals surface area contributed by atoms with Crippen LogP contribution in [0.5, 0.6) is 5.75 Å². The summed E-state index contributed by atoms with van der Waals surface area (Å²) in [6, 6.07) is 10.9. The van der Waals surface area contributed by atoms with Crippen LogP contribution in [0.4, 0.5) is 0 Å². The molecule has 8 nitrogen and oxygen atoms in total. The number of hydrogen-bond acceptors (Lipinski definition) is 5. The van der Waals surface area contributed by atoms with Crippen LogP contribution in [0, 0.1) is 5.41 Å². The number of aromatic nitrogens is 2. The number of alkyl halides is 1. The van der Waals surface area contributed by atoms with Gasteiger partial charge in [0.15, 0.2) is 0 Å². The minimum absolute atomic E-state index is 0.107. The Bertz CT molecular complexity index is 1320. The monoisotopic (exact) mass is 523 g/mol. The molecule has 0 bridgehead atoms. The first kappa shape index (κ1) is 26.7. The van der Waals surface area contributed by atoms with E-state index >= 15 is 0 Å². The molecule has 0 unspecified atom stereocenters. The molecule has 0 saturated carbocycles. The summed E-state index contributed by atoms with van der Waals surface area (Å²) >= 11 is 5.78. The van der Waals surface area contributed by atoms with Crippen LogP contribution in [0.2, 0.25) is 0 Å². The fraction of sp³-hybridized carbons (Fsp3) is 0.429. The van der Waals surface area contributed by atoms with E-state index in [4.69, 9.17) is 26.7 Å². The van der Waals surface area contributed by atoms with E-state index in [9.17, 15) is 9.59 Å². The largest absolute Gasteiger partial charge is 0.494 e. The maximum Gasteiger partial charge on any atom is 0.255 e. The van der Waals surface area contributed by atoms with Crippen molar-refractivity contribution in [1.82, 2.24) is 19.8 Å². The smallest absolute Gasteiger partial charge is 0.255 e. The van der Waals surface area contributed by atoms with Gasteiger partial charge in [0.05, 0.1) is 35.7 Å². The quantitative estimate of drug-likeness (QED) is 0.190. The lowest BCUT2D eigenvalue weighted by Gasteiger charge is -2.20. The number of carbonyl (C=O) groups is 2. The highest BCUT2D eigenvalue weighted by Gasteiger charge is 2.32. The Morgan fingerprint density at radius 3 is 2.68 bits per heavy atom. The first-order valence-electron chi connectivity index (χ1n) is 12.8. The third-order valence-electron chi connectivity index (χ3n) is 6.95. The topological polar surface area (TPSA) is 100 Å². The molecule has 196 valence electrons. The lowest BCUT2D eigenvalue weighted by molar-refractivity contribution is 0.0780. The van der Waals surface area contributed by atoms with E-state index < -0.39 is 0 Å². The first-order valence-corrected chi connectivity index (χ1v) is 13.3. The lowest BCUT2D eigenvalue weighted by atomic mass is 10.0. The molecule has 37 heavy (non-hydrogen) atoms. The third kappa shape index (κ3) is 5.34. The minimum atomic E-state index is -0.385. The van der Waals surface area contributed by atoms with E-state index in [-0.39, 0.29) is 23.7 Å². The number of hydrogen-bond donors (Lipinski definition) is 2. The van der Waals surface area contributed by atoms with Gasteiger partial charge in [0.25, 0.3) is 11.8 Å². The number of imidazole rings is 1. The predicted molar refractivity (Wildman–Crippen MR) is 146 cm³/mol. The van der Waals surface area contributed by atoms with Gasteiger partial charge in [-0.2, -0.15) is 0 Å². The maximum absolute atomic E-state index is 13.7. The SMILES string of the molecule is CCN1Cc2cccc(C(=O)N[C@@H](CCCCC(=N)CCl)c3nc4c(OC)cccc4n3CC)c2C1=O. The maximum atomic E-state index is 13.7. The normalized spacial score (nSPS) is 13.6. The van der Waals surface area contributed by atoms with Crippen molar-refractivity contribution in [2.45, 2.75) is 58.7 Å². The van der Waals surface area contributed by atoms with Gasteiger partial charge >= 0.3 is 0 Å². The van der Waals surface area contributed by atoms with Gasteiger partial charge in [0.1, 0.15) is 17.1 Å². The van der Waals surface area contributed by atoms with Crippen LogP contribution in [-0.4, -0.2) is 51.5 Å². The molecule has 0 aliphatic carbocycles. The molecule has 4 rings (SSSR count). The van der Waals surface area contributed by atoms with E-state index in [2.05, 4.69) is 9.88 Å². The van der Waals surface area contributed by atoms with Crippen molar-refractivity contribution in [2.24, 2.45) is 0 Å². The molecule has 2 heterocycles. The highest BCUT2D eigenvalue weighted by atomic mass is 35.5. The zero-order valence-electron chi connectivity index (χ0n) is 21.6. The Morgan fingerprint density at radius 2 is 1.97 bits per heavy atom. The van der Waals surface area contributed by atoms with Crippen LogP contribution >= 0.6 is 11.6 Å². The molecule has 1 aliphatic rings. The van der Waals surface area contributed by atoms with Crippen molar-refractivity contribution in [2.75, 3.05) is 19.5 Å². The summed E-state index contributed by atoms with van der Waals surface area (Å²) in [6.45, 7) is 5.77. The van der Waals surface area contributed by atoms with E-state index in [1.807, 2.05) is 44.2 Å². The van der Waals surface area contributed by atoms with Crippen LogP contribution in [0.15, 0.2) is 36.4 Å². The molecule has 2 aromatic carbocycles. The van der Waals surface area contributed by atoms with Gasteiger partial charge in [-0.1, -0.05) is 24.6 Å². The summed E-state index contributed by atoms with van der Waals surface area (Å²) in [7, 11) is 1.62. The van der Waals surface area contributed by atoms with Crippen LogP contribution in [0.25, 0.3) is 11.0 Å². The van der Waals surface area contributed by atoms with E-state index in [1.54, 1.807) is 18.1 Å². The van der Waals surface area contributed by atoms with Crippen LogP contribution in [-0.2, 0) is 13.1 Å². The van der Waals surface area contributed by atoms with Crippen molar-refractivity contribution in [3.8, 4) is 5.75 Å². The number of methoxy groups -OCH3 is 1. The van der Waals surface area contributed by atoms with Crippen molar-refractivity contribution in [3.05, 3.63) is 58.9 Å². The third-order valence-corrected chi connectivity index (χ3v) is 7.27. The van der Waals surface area contributed by atoms with Crippen molar-refractivity contribution in [1.29, 1.82) is 5.41 Å².